The molecule has 0 bridgehead atoms. The molecule has 0 unspecified atom stereocenters. The van der Waals surface area contributed by atoms with Crippen LogP contribution in [0.5, 0.6) is 0 Å². The number of benzene rings is 1. The number of amides is 2. The van der Waals surface area contributed by atoms with Crippen LogP contribution in [-0.4, -0.2) is 49.8 Å². The lowest BCUT2D eigenvalue weighted by molar-refractivity contribution is 0.0185. The summed E-state index contributed by atoms with van der Waals surface area (Å²) >= 11 is 0. The van der Waals surface area contributed by atoms with Crippen LogP contribution in [0.2, 0.25) is 0 Å². The lowest BCUT2D eigenvalue weighted by Crippen LogP contribution is -2.51. The molecule has 2 aliphatic rings. The number of anilines is 1. The monoisotopic (exact) mass is 317 g/mol. The highest BCUT2D eigenvalue weighted by atomic mass is 16.5. The van der Waals surface area contributed by atoms with Crippen LogP contribution in [0.4, 0.5) is 10.5 Å². The maximum absolute atomic E-state index is 12.5. The Balaban J connectivity index is 1.64. The van der Waals surface area contributed by atoms with Crippen LogP contribution in [0.15, 0.2) is 24.3 Å². The topological polar surface area (TPSA) is 44.8 Å². The summed E-state index contributed by atoms with van der Waals surface area (Å²) in [6, 6.07) is 8.68. The number of morpholine rings is 1. The standard InChI is InChI=1S/C18H27N3O2/c1-14-13-23-11-10-21(14)18(22)19-15(2)16-6-5-7-17(12-16)20-8-3-4-9-20/h5-7,12,14-15H,3-4,8-11,13H2,1-2H3,(H,19,22)/t14-,15-/m0/s1. The molecule has 0 radical (unpaired) electrons. The van der Waals surface area contributed by atoms with Gasteiger partial charge in [-0.15, -0.1) is 0 Å². The minimum Gasteiger partial charge on any atom is -0.377 e. The van der Waals surface area contributed by atoms with Crippen molar-refractivity contribution in [2.24, 2.45) is 0 Å². The molecular weight excluding hydrogens is 290 g/mol. The lowest BCUT2D eigenvalue weighted by Gasteiger charge is -2.34. The normalized spacial score (nSPS) is 23.0. The Morgan fingerprint density at radius 1 is 1.30 bits per heavy atom. The molecule has 5 heteroatoms. The predicted molar refractivity (Wildman–Crippen MR) is 91.8 cm³/mol. The third kappa shape index (κ3) is 3.78. The maximum atomic E-state index is 12.5. The molecule has 2 aliphatic heterocycles. The van der Waals surface area contributed by atoms with Gasteiger partial charge in [-0.25, -0.2) is 4.79 Å². The Morgan fingerprint density at radius 2 is 2.09 bits per heavy atom. The second-order valence-electron chi connectivity index (χ2n) is 6.58. The number of carbonyl (C=O) groups is 1. The predicted octanol–water partition coefficient (Wildman–Crippen LogP) is 2.78. The Bertz CT molecular complexity index is 543. The highest BCUT2D eigenvalue weighted by molar-refractivity contribution is 5.75. The van der Waals surface area contributed by atoms with E-state index in [2.05, 4.69) is 34.5 Å². The smallest absolute Gasteiger partial charge is 0.318 e. The summed E-state index contributed by atoms with van der Waals surface area (Å²) in [6.07, 6.45) is 2.54. The Morgan fingerprint density at radius 3 is 2.83 bits per heavy atom. The van der Waals surface area contributed by atoms with Crippen molar-refractivity contribution in [2.45, 2.75) is 38.8 Å². The number of urea groups is 1. The number of ether oxygens (including phenoxy) is 1. The molecule has 3 rings (SSSR count). The van der Waals surface area contributed by atoms with E-state index in [1.165, 1.54) is 18.5 Å². The summed E-state index contributed by atoms with van der Waals surface area (Å²) in [6.45, 7) is 8.24. The number of rotatable bonds is 3. The van der Waals surface area contributed by atoms with Crippen molar-refractivity contribution in [3.8, 4) is 0 Å². The van der Waals surface area contributed by atoms with Gasteiger partial charge in [0.1, 0.15) is 0 Å². The zero-order valence-electron chi connectivity index (χ0n) is 14.1. The van der Waals surface area contributed by atoms with Crippen LogP contribution >= 0.6 is 0 Å². The zero-order chi connectivity index (χ0) is 16.2. The van der Waals surface area contributed by atoms with E-state index >= 15 is 0 Å². The molecule has 1 aromatic rings. The minimum absolute atomic E-state index is 0.0000907. The van der Waals surface area contributed by atoms with Crippen molar-refractivity contribution in [3.63, 3.8) is 0 Å². The van der Waals surface area contributed by atoms with E-state index in [1.54, 1.807) is 0 Å². The van der Waals surface area contributed by atoms with Crippen molar-refractivity contribution in [1.82, 2.24) is 10.2 Å². The van der Waals surface area contributed by atoms with E-state index in [-0.39, 0.29) is 18.1 Å². The molecule has 0 aliphatic carbocycles. The molecule has 2 fully saturated rings. The molecule has 1 aromatic carbocycles. The van der Waals surface area contributed by atoms with Crippen molar-refractivity contribution < 1.29 is 9.53 Å². The average Bonchev–Trinajstić information content (AvgIpc) is 3.10. The molecule has 1 N–H and O–H groups in total. The van der Waals surface area contributed by atoms with E-state index in [1.807, 2.05) is 18.7 Å². The fraction of sp³-hybridized carbons (Fsp3) is 0.611. The van der Waals surface area contributed by atoms with Gasteiger partial charge in [-0.05, 0) is 44.4 Å². The highest BCUT2D eigenvalue weighted by Gasteiger charge is 2.25. The highest BCUT2D eigenvalue weighted by Crippen LogP contribution is 2.24. The molecule has 5 nitrogen and oxygen atoms in total. The van der Waals surface area contributed by atoms with Crippen molar-refractivity contribution in [2.75, 3.05) is 37.7 Å². The SMILES string of the molecule is C[C@H](NC(=O)N1CCOC[C@@H]1C)c1cccc(N2CCCC2)c1. The zero-order valence-corrected chi connectivity index (χ0v) is 14.1. The average molecular weight is 317 g/mol. The fourth-order valence-electron chi connectivity index (χ4n) is 3.35. The van der Waals surface area contributed by atoms with Crippen LogP contribution in [0, 0.1) is 0 Å². The summed E-state index contributed by atoms with van der Waals surface area (Å²) < 4.78 is 5.40. The minimum atomic E-state index is -0.000115. The van der Waals surface area contributed by atoms with Gasteiger partial charge in [0.15, 0.2) is 0 Å². The lowest BCUT2D eigenvalue weighted by atomic mass is 10.1. The molecule has 0 saturated carbocycles. The quantitative estimate of drug-likeness (QED) is 0.932. The number of hydrogen-bond acceptors (Lipinski definition) is 3. The first-order chi connectivity index (χ1) is 11.1. The van der Waals surface area contributed by atoms with Crippen LogP contribution < -0.4 is 10.2 Å². The van der Waals surface area contributed by atoms with Crippen LogP contribution in [0.1, 0.15) is 38.3 Å². The number of nitrogens with one attached hydrogen (secondary N) is 1. The molecule has 2 atom stereocenters. The van der Waals surface area contributed by atoms with E-state index in [4.69, 9.17) is 4.74 Å². The van der Waals surface area contributed by atoms with Crippen molar-refractivity contribution in [3.05, 3.63) is 29.8 Å². The number of hydrogen-bond donors (Lipinski definition) is 1. The van der Waals surface area contributed by atoms with Gasteiger partial charge in [-0.2, -0.15) is 0 Å². The van der Waals surface area contributed by atoms with Crippen LogP contribution in [0.25, 0.3) is 0 Å². The van der Waals surface area contributed by atoms with E-state index < -0.39 is 0 Å². The molecule has 0 spiro atoms. The molecule has 2 amide bonds. The van der Waals surface area contributed by atoms with Crippen molar-refractivity contribution >= 4 is 11.7 Å². The third-order valence-electron chi connectivity index (χ3n) is 4.81. The first-order valence-corrected chi connectivity index (χ1v) is 8.65. The Kier molecular flexibility index (Phi) is 5.06. The summed E-state index contributed by atoms with van der Waals surface area (Å²) in [5.41, 5.74) is 2.42. The van der Waals surface area contributed by atoms with Gasteiger partial charge in [-0.1, -0.05) is 12.1 Å². The Labute approximate surface area is 138 Å². The van der Waals surface area contributed by atoms with Gasteiger partial charge in [0.05, 0.1) is 25.3 Å². The van der Waals surface area contributed by atoms with Gasteiger partial charge in [0.25, 0.3) is 0 Å². The summed E-state index contributed by atoms with van der Waals surface area (Å²) in [7, 11) is 0. The molecular formula is C18H27N3O2. The first kappa shape index (κ1) is 16.1. The molecule has 126 valence electrons. The number of nitrogens with zero attached hydrogens (tertiary/aromatic N) is 2. The van der Waals surface area contributed by atoms with Crippen LogP contribution in [0.3, 0.4) is 0 Å². The summed E-state index contributed by atoms with van der Waals surface area (Å²) in [5, 5.41) is 3.13. The van der Waals surface area contributed by atoms with E-state index in [9.17, 15) is 4.79 Å². The summed E-state index contributed by atoms with van der Waals surface area (Å²) in [4.78, 5) is 16.8. The second kappa shape index (κ2) is 7.21. The summed E-state index contributed by atoms with van der Waals surface area (Å²) in [5.74, 6) is 0. The molecule has 0 aromatic heterocycles. The van der Waals surface area contributed by atoms with Crippen molar-refractivity contribution in [1.29, 1.82) is 0 Å². The van der Waals surface area contributed by atoms with E-state index in [0.717, 1.165) is 18.7 Å². The van der Waals surface area contributed by atoms with E-state index in [0.29, 0.717) is 19.8 Å². The largest absolute Gasteiger partial charge is 0.377 e. The second-order valence-corrected chi connectivity index (χ2v) is 6.58. The fourth-order valence-corrected chi connectivity index (χ4v) is 3.35. The first-order valence-electron chi connectivity index (χ1n) is 8.65. The van der Waals surface area contributed by atoms with Gasteiger partial charge >= 0.3 is 6.03 Å². The van der Waals surface area contributed by atoms with Crippen LogP contribution in [-0.2, 0) is 4.74 Å². The molecule has 2 heterocycles. The van der Waals surface area contributed by atoms with Gasteiger partial charge in [-0.3, -0.25) is 0 Å². The number of carbonyl (C=O) groups excluding carboxylic acids is 1. The van der Waals surface area contributed by atoms with Gasteiger partial charge in [0.2, 0.25) is 0 Å². The maximum Gasteiger partial charge on any atom is 0.318 e. The third-order valence-corrected chi connectivity index (χ3v) is 4.81. The van der Waals surface area contributed by atoms with Gasteiger partial charge in [0, 0.05) is 25.3 Å². The molecule has 2 saturated heterocycles. The molecule has 23 heavy (non-hydrogen) atoms. The van der Waals surface area contributed by atoms with Gasteiger partial charge < -0.3 is 19.9 Å². The Hall–Kier alpha value is -1.75.